The van der Waals surface area contributed by atoms with E-state index in [4.69, 9.17) is 14.3 Å². The summed E-state index contributed by atoms with van der Waals surface area (Å²) in [5, 5.41) is 1.88. The highest BCUT2D eigenvalue weighted by molar-refractivity contribution is 6.24. The maximum atomic E-state index is 14.0. The van der Waals surface area contributed by atoms with Gasteiger partial charge in [0.15, 0.2) is 5.76 Å². The number of hydrogen-bond acceptors (Lipinski definition) is 6. The van der Waals surface area contributed by atoms with Crippen LogP contribution in [0.3, 0.4) is 0 Å². The predicted molar refractivity (Wildman–Crippen MR) is 123 cm³/mol. The Morgan fingerprint density at radius 3 is 2.22 bits per heavy atom. The van der Waals surface area contributed by atoms with E-state index in [0.717, 1.165) is 22.3 Å². The van der Waals surface area contributed by atoms with Crippen LogP contribution < -0.4 is 0 Å². The lowest BCUT2D eigenvalue weighted by Crippen LogP contribution is -2.56. The Balaban J connectivity index is 2.23. The maximum Gasteiger partial charge on any atom is 0.513 e. The smallest absolute Gasteiger partial charge is 0.434 e. The molecule has 2 heterocycles. The second-order valence-corrected chi connectivity index (χ2v) is 9.22. The summed E-state index contributed by atoms with van der Waals surface area (Å²) in [5.41, 5.74) is 3.74. The van der Waals surface area contributed by atoms with Gasteiger partial charge in [-0.3, -0.25) is 4.79 Å². The summed E-state index contributed by atoms with van der Waals surface area (Å²) < 4.78 is 11.0. The summed E-state index contributed by atoms with van der Waals surface area (Å²) in [6.07, 6.45) is 0.457. The highest BCUT2D eigenvalue weighted by Gasteiger charge is 2.55. The van der Waals surface area contributed by atoms with Gasteiger partial charge in [0.05, 0.1) is 19.3 Å². The molecule has 0 bridgehead atoms. The van der Waals surface area contributed by atoms with Crippen molar-refractivity contribution >= 4 is 17.6 Å². The van der Waals surface area contributed by atoms with E-state index >= 15 is 0 Å². The molecule has 1 amide bonds. The van der Waals surface area contributed by atoms with Gasteiger partial charge in [0, 0.05) is 19.6 Å². The van der Waals surface area contributed by atoms with Crippen molar-refractivity contribution in [3.63, 3.8) is 0 Å². The van der Waals surface area contributed by atoms with Crippen molar-refractivity contribution in [1.29, 1.82) is 0 Å². The van der Waals surface area contributed by atoms with Crippen molar-refractivity contribution in [2.24, 2.45) is 5.92 Å². The van der Waals surface area contributed by atoms with Gasteiger partial charge in [-0.25, -0.2) is 4.79 Å². The van der Waals surface area contributed by atoms with E-state index in [1.807, 2.05) is 30.7 Å². The molecule has 0 N–H and O–H groups in total. The van der Waals surface area contributed by atoms with Gasteiger partial charge in [0.25, 0.3) is 5.91 Å². The second-order valence-electron chi connectivity index (χ2n) is 9.22. The van der Waals surface area contributed by atoms with E-state index in [9.17, 15) is 9.59 Å². The second kappa shape index (κ2) is 9.63. The summed E-state index contributed by atoms with van der Waals surface area (Å²) >= 11 is 0. The molecule has 1 aromatic rings. The largest absolute Gasteiger partial charge is 0.513 e. The van der Waals surface area contributed by atoms with Crippen LogP contribution in [0.4, 0.5) is 4.79 Å². The normalized spacial score (nSPS) is 18.8. The number of carbonyl (C=O) groups is 2. The Labute approximate surface area is 191 Å². The minimum atomic E-state index is -0.768. The van der Waals surface area contributed by atoms with Crippen LogP contribution >= 0.6 is 0 Å². The molecule has 0 saturated carbocycles. The summed E-state index contributed by atoms with van der Waals surface area (Å²) in [6, 6.07) is 4.13. The van der Waals surface area contributed by atoms with E-state index in [-0.39, 0.29) is 18.4 Å². The van der Waals surface area contributed by atoms with Gasteiger partial charge in [-0.1, -0.05) is 31.5 Å². The van der Waals surface area contributed by atoms with Gasteiger partial charge in [-0.2, -0.15) is 5.06 Å². The van der Waals surface area contributed by atoms with Crippen LogP contribution in [-0.4, -0.2) is 60.9 Å². The molecule has 0 radical (unpaired) electrons. The molecule has 2 aliphatic rings. The van der Waals surface area contributed by atoms with Crippen LogP contribution in [0.15, 0.2) is 17.9 Å². The van der Waals surface area contributed by atoms with Gasteiger partial charge in [0.1, 0.15) is 5.54 Å². The number of ether oxygens (including phenoxy) is 2. The van der Waals surface area contributed by atoms with E-state index in [2.05, 4.69) is 26.0 Å². The molecule has 3 rings (SSSR count). The fraction of sp³-hybridized carbons (Fsp3) is 0.600. The average molecular weight is 445 g/mol. The number of carbonyl (C=O) groups excluding carboxylic acids is 2. The van der Waals surface area contributed by atoms with Gasteiger partial charge >= 0.3 is 6.16 Å². The first-order valence-corrected chi connectivity index (χ1v) is 11.4. The molecule has 7 nitrogen and oxygen atoms in total. The fourth-order valence-electron chi connectivity index (χ4n) is 5.11. The van der Waals surface area contributed by atoms with Crippen molar-refractivity contribution in [2.45, 2.75) is 59.9 Å². The summed E-state index contributed by atoms with van der Waals surface area (Å²) in [4.78, 5) is 33.9. The predicted octanol–water partition coefficient (Wildman–Crippen LogP) is 4.39. The molecule has 0 aliphatic carbocycles. The third-order valence-electron chi connectivity index (χ3n) is 6.36. The van der Waals surface area contributed by atoms with Gasteiger partial charge < -0.3 is 19.2 Å². The zero-order chi connectivity index (χ0) is 23.6. The van der Waals surface area contributed by atoms with Crippen LogP contribution in [0.2, 0.25) is 0 Å². The minimum absolute atomic E-state index is 0.0843. The highest BCUT2D eigenvalue weighted by atomic mass is 16.7. The molecule has 7 heteroatoms. The average Bonchev–Trinajstić information content (AvgIpc) is 2.91. The zero-order valence-corrected chi connectivity index (χ0v) is 20.4. The van der Waals surface area contributed by atoms with Crippen LogP contribution in [0.25, 0.3) is 5.57 Å². The number of benzene rings is 1. The first kappa shape index (κ1) is 24.3. The molecule has 1 aromatic carbocycles. The minimum Gasteiger partial charge on any atom is -0.434 e. The first-order valence-electron chi connectivity index (χ1n) is 11.4. The molecule has 176 valence electrons. The number of rotatable bonds is 6. The molecule has 0 unspecified atom stereocenters. The Morgan fingerprint density at radius 1 is 1.12 bits per heavy atom. The Morgan fingerprint density at radius 2 is 1.72 bits per heavy atom. The lowest BCUT2D eigenvalue weighted by atomic mass is 9.83. The number of hydrogen-bond donors (Lipinski definition) is 0. The number of nitrogens with zero attached hydrogens (tertiary/aromatic N) is 2. The Kier molecular flexibility index (Phi) is 7.30. The number of hydroxylamine groups is 2. The standard InChI is InChI=1S/C25H36N2O5/c1-8-31-24(29)32-22-21(20-18(5)13-17(4)14-19(20)6)23(28)27(15-16(2)3)25(22)9-11-26(30-7)12-10-25/h13-14,16H,8-12,15H2,1-7H3. The number of amides is 1. The van der Waals surface area contributed by atoms with Crippen molar-refractivity contribution in [1.82, 2.24) is 9.96 Å². The van der Waals surface area contributed by atoms with E-state index < -0.39 is 11.7 Å². The molecule has 1 fully saturated rings. The SMILES string of the molecule is CCOC(=O)OC1=C(c2c(C)cc(C)cc2C)C(=O)N(CC(C)C)C12CCN(OC)CC2. The monoisotopic (exact) mass is 444 g/mol. The topological polar surface area (TPSA) is 68.3 Å². The van der Waals surface area contributed by atoms with Gasteiger partial charge in [0.2, 0.25) is 0 Å². The lowest BCUT2D eigenvalue weighted by Gasteiger charge is -2.45. The molecule has 2 aliphatic heterocycles. The summed E-state index contributed by atoms with van der Waals surface area (Å²) in [6.45, 7) is 14.0. The van der Waals surface area contributed by atoms with E-state index in [1.54, 1.807) is 14.0 Å². The van der Waals surface area contributed by atoms with Gasteiger partial charge in [-0.05, 0) is 63.1 Å². The quantitative estimate of drug-likeness (QED) is 0.606. The Hall–Kier alpha value is -2.38. The van der Waals surface area contributed by atoms with Crippen molar-refractivity contribution in [2.75, 3.05) is 33.4 Å². The summed E-state index contributed by atoms with van der Waals surface area (Å²) in [5.74, 6) is 0.603. The highest BCUT2D eigenvalue weighted by Crippen LogP contribution is 2.48. The molecule has 1 saturated heterocycles. The Bertz CT molecular complexity index is 890. The van der Waals surface area contributed by atoms with E-state index in [0.29, 0.717) is 43.8 Å². The molecular weight excluding hydrogens is 408 g/mol. The molecule has 0 aromatic heterocycles. The van der Waals surface area contributed by atoms with Crippen LogP contribution in [0, 0.1) is 26.7 Å². The third-order valence-corrected chi connectivity index (χ3v) is 6.36. The van der Waals surface area contributed by atoms with Crippen LogP contribution in [0.5, 0.6) is 0 Å². The van der Waals surface area contributed by atoms with Gasteiger partial charge in [-0.15, -0.1) is 0 Å². The maximum absolute atomic E-state index is 14.0. The number of piperidine rings is 1. The van der Waals surface area contributed by atoms with Crippen LogP contribution in [-0.2, 0) is 19.1 Å². The fourth-order valence-corrected chi connectivity index (χ4v) is 5.11. The molecule has 0 atom stereocenters. The molecular formula is C25H36N2O5. The lowest BCUT2D eigenvalue weighted by molar-refractivity contribution is -0.164. The van der Waals surface area contributed by atoms with Crippen LogP contribution in [0.1, 0.15) is 55.9 Å². The summed E-state index contributed by atoms with van der Waals surface area (Å²) in [7, 11) is 1.65. The van der Waals surface area contributed by atoms with Crippen molar-refractivity contribution in [3.8, 4) is 0 Å². The third kappa shape index (κ3) is 4.41. The number of aryl methyl sites for hydroxylation is 3. The first-order chi connectivity index (χ1) is 15.1. The molecule has 32 heavy (non-hydrogen) atoms. The van der Waals surface area contributed by atoms with Crippen molar-refractivity contribution < 1.29 is 23.9 Å². The zero-order valence-electron chi connectivity index (χ0n) is 20.4. The van der Waals surface area contributed by atoms with E-state index in [1.165, 1.54) is 0 Å². The van der Waals surface area contributed by atoms with Crippen molar-refractivity contribution in [3.05, 3.63) is 40.1 Å². The molecule has 1 spiro atoms.